The first-order chi connectivity index (χ1) is 8.74. The first-order valence-corrected chi connectivity index (χ1v) is 7.58. The second-order valence-electron chi connectivity index (χ2n) is 5.95. The summed E-state index contributed by atoms with van der Waals surface area (Å²) < 4.78 is 16.9. The van der Waals surface area contributed by atoms with Crippen LogP contribution in [0.15, 0.2) is 0 Å². The van der Waals surface area contributed by atoms with Crippen LogP contribution in [0.2, 0.25) is 0 Å². The lowest BCUT2D eigenvalue weighted by Crippen LogP contribution is -2.24. The molecule has 0 amide bonds. The van der Waals surface area contributed by atoms with E-state index >= 15 is 0 Å². The van der Waals surface area contributed by atoms with Gasteiger partial charge in [0.15, 0.2) is 0 Å². The van der Waals surface area contributed by atoms with E-state index in [9.17, 15) is 0 Å². The molecule has 1 aliphatic carbocycles. The van der Waals surface area contributed by atoms with E-state index in [1.54, 1.807) is 0 Å². The molecule has 18 heavy (non-hydrogen) atoms. The summed E-state index contributed by atoms with van der Waals surface area (Å²) in [5.74, 6) is 0.700. The second-order valence-corrected chi connectivity index (χ2v) is 5.95. The van der Waals surface area contributed by atoms with Gasteiger partial charge in [-0.2, -0.15) is 0 Å². The van der Waals surface area contributed by atoms with Crippen molar-refractivity contribution in [3.63, 3.8) is 0 Å². The van der Waals surface area contributed by atoms with E-state index in [-0.39, 0.29) is 5.60 Å². The first kappa shape index (κ1) is 14.3. The average molecular weight is 256 g/mol. The zero-order valence-electron chi connectivity index (χ0n) is 12.0. The molecular formula is C15H28O3. The van der Waals surface area contributed by atoms with Gasteiger partial charge in [-0.3, -0.25) is 0 Å². The molecule has 1 heterocycles. The van der Waals surface area contributed by atoms with Crippen LogP contribution in [0, 0.1) is 5.92 Å². The molecule has 0 spiro atoms. The van der Waals surface area contributed by atoms with E-state index in [1.807, 2.05) is 0 Å². The lowest BCUT2D eigenvalue weighted by Gasteiger charge is -2.22. The monoisotopic (exact) mass is 256 g/mol. The normalized spacial score (nSPS) is 34.3. The van der Waals surface area contributed by atoms with Crippen molar-refractivity contribution in [2.75, 3.05) is 26.4 Å². The third-order valence-corrected chi connectivity index (χ3v) is 4.25. The van der Waals surface area contributed by atoms with Crippen LogP contribution >= 0.6 is 0 Å². The fourth-order valence-corrected chi connectivity index (χ4v) is 2.80. The lowest BCUT2D eigenvalue weighted by atomic mass is 9.83. The minimum Gasteiger partial charge on any atom is -0.379 e. The molecule has 3 unspecified atom stereocenters. The Morgan fingerprint density at radius 1 is 1.17 bits per heavy atom. The van der Waals surface area contributed by atoms with Crippen molar-refractivity contribution in [3.05, 3.63) is 0 Å². The number of fused-ring (bicyclic) bond motifs is 1. The van der Waals surface area contributed by atoms with Crippen LogP contribution in [-0.2, 0) is 14.2 Å². The van der Waals surface area contributed by atoms with Gasteiger partial charge in [0.2, 0.25) is 0 Å². The summed E-state index contributed by atoms with van der Waals surface area (Å²) in [6.45, 7) is 7.70. The van der Waals surface area contributed by atoms with Gasteiger partial charge in [-0.05, 0) is 38.5 Å². The third-order valence-electron chi connectivity index (χ3n) is 4.25. The van der Waals surface area contributed by atoms with Crippen molar-refractivity contribution in [2.24, 2.45) is 5.92 Å². The first-order valence-electron chi connectivity index (χ1n) is 7.58. The Bertz CT molecular complexity index is 244. The SMILES string of the molecule is CCCCCOCCOCC1CCC2(C)OC2C1. The molecule has 2 fully saturated rings. The van der Waals surface area contributed by atoms with Gasteiger partial charge < -0.3 is 14.2 Å². The van der Waals surface area contributed by atoms with Crippen LogP contribution in [0.5, 0.6) is 0 Å². The van der Waals surface area contributed by atoms with Gasteiger partial charge in [0, 0.05) is 13.2 Å². The third kappa shape index (κ3) is 4.22. The lowest BCUT2D eigenvalue weighted by molar-refractivity contribution is 0.0272. The molecule has 2 rings (SSSR count). The second kappa shape index (κ2) is 6.88. The Labute approximate surface area is 111 Å². The topological polar surface area (TPSA) is 31.0 Å². The quantitative estimate of drug-likeness (QED) is 0.469. The Hall–Kier alpha value is -0.120. The number of hydrogen-bond acceptors (Lipinski definition) is 3. The maximum absolute atomic E-state index is 5.70. The predicted octanol–water partition coefficient (Wildman–Crippen LogP) is 3.17. The number of rotatable bonds is 9. The highest BCUT2D eigenvalue weighted by atomic mass is 16.6. The van der Waals surface area contributed by atoms with E-state index in [0.29, 0.717) is 12.0 Å². The molecule has 0 radical (unpaired) electrons. The Morgan fingerprint density at radius 3 is 2.78 bits per heavy atom. The minimum atomic E-state index is 0.235. The van der Waals surface area contributed by atoms with Crippen LogP contribution in [-0.4, -0.2) is 38.1 Å². The van der Waals surface area contributed by atoms with Gasteiger partial charge >= 0.3 is 0 Å². The van der Waals surface area contributed by atoms with Crippen molar-refractivity contribution in [3.8, 4) is 0 Å². The molecule has 3 nitrogen and oxygen atoms in total. The van der Waals surface area contributed by atoms with Gasteiger partial charge in [0.25, 0.3) is 0 Å². The molecule has 3 heteroatoms. The molecule has 106 valence electrons. The summed E-state index contributed by atoms with van der Waals surface area (Å²) in [5.41, 5.74) is 0.235. The fourth-order valence-electron chi connectivity index (χ4n) is 2.80. The Balaban J connectivity index is 1.40. The molecule has 0 aromatic heterocycles. The van der Waals surface area contributed by atoms with Crippen molar-refractivity contribution in [1.82, 2.24) is 0 Å². The summed E-state index contributed by atoms with van der Waals surface area (Å²) in [6.07, 6.45) is 7.87. The van der Waals surface area contributed by atoms with E-state index in [2.05, 4.69) is 13.8 Å². The van der Waals surface area contributed by atoms with Gasteiger partial charge in [-0.1, -0.05) is 19.8 Å². The number of ether oxygens (including phenoxy) is 3. The predicted molar refractivity (Wildman–Crippen MR) is 71.8 cm³/mol. The van der Waals surface area contributed by atoms with Gasteiger partial charge in [-0.25, -0.2) is 0 Å². The Morgan fingerprint density at radius 2 is 2.00 bits per heavy atom. The molecule has 2 aliphatic rings. The van der Waals surface area contributed by atoms with Crippen molar-refractivity contribution >= 4 is 0 Å². The summed E-state index contributed by atoms with van der Waals surface area (Å²) in [6, 6.07) is 0. The smallest absolute Gasteiger partial charge is 0.0920 e. The molecule has 1 saturated carbocycles. The number of epoxide rings is 1. The van der Waals surface area contributed by atoms with Crippen molar-refractivity contribution in [1.29, 1.82) is 0 Å². The summed E-state index contributed by atoms with van der Waals surface area (Å²) in [7, 11) is 0. The van der Waals surface area contributed by atoms with E-state index in [4.69, 9.17) is 14.2 Å². The highest BCUT2D eigenvalue weighted by Gasteiger charge is 2.55. The molecule has 3 atom stereocenters. The van der Waals surface area contributed by atoms with Crippen molar-refractivity contribution < 1.29 is 14.2 Å². The van der Waals surface area contributed by atoms with Crippen LogP contribution in [0.4, 0.5) is 0 Å². The van der Waals surface area contributed by atoms with Gasteiger partial charge in [0.1, 0.15) is 0 Å². The zero-order chi connectivity index (χ0) is 12.8. The maximum atomic E-state index is 5.70. The Kier molecular flexibility index (Phi) is 5.46. The molecule has 0 N–H and O–H groups in total. The average Bonchev–Trinajstić information content (AvgIpc) is 3.03. The minimum absolute atomic E-state index is 0.235. The standard InChI is InChI=1S/C15H28O3/c1-3-4-5-8-16-9-10-17-12-13-6-7-15(2)14(11-13)18-15/h13-14H,3-12H2,1-2H3. The highest BCUT2D eigenvalue weighted by molar-refractivity contribution is 5.03. The molecule has 1 saturated heterocycles. The summed E-state index contributed by atoms with van der Waals surface area (Å²) in [5, 5.41) is 0. The fraction of sp³-hybridized carbons (Fsp3) is 1.00. The van der Waals surface area contributed by atoms with Crippen LogP contribution in [0.1, 0.15) is 52.4 Å². The van der Waals surface area contributed by atoms with Crippen LogP contribution < -0.4 is 0 Å². The maximum Gasteiger partial charge on any atom is 0.0920 e. The molecular weight excluding hydrogens is 228 g/mol. The molecule has 1 aliphatic heterocycles. The van der Waals surface area contributed by atoms with Crippen LogP contribution in [0.25, 0.3) is 0 Å². The number of unbranched alkanes of at least 4 members (excludes halogenated alkanes) is 2. The van der Waals surface area contributed by atoms with Gasteiger partial charge in [-0.15, -0.1) is 0 Å². The largest absolute Gasteiger partial charge is 0.379 e. The van der Waals surface area contributed by atoms with Crippen LogP contribution in [0.3, 0.4) is 0 Å². The summed E-state index contributed by atoms with van der Waals surface area (Å²) >= 11 is 0. The molecule has 0 bridgehead atoms. The molecule has 0 aromatic carbocycles. The highest BCUT2D eigenvalue weighted by Crippen LogP contribution is 2.49. The number of hydrogen-bond donors (Lipinski definition) is 0. The van der Waals surface area contributed by atoms with E-state index in [0.717, 1.165) is 26.4 Å². The summed E-state index contributed by atoms with van der Waals surface area (Å²) in [4.78, 5) is 0. The molecule has 0 aromatic rings. The zero-order valence-corrected chi connectivity index (χ0v) is 12.0. The van der Waals surface area contributed by atoms with E-state index in [1.165, 1.54) is 38.5 Å². The van der Waals surface area contributed by atoms with Gasteiger partial charge in [0.05, 0.1) is 24.9 Å². The van der Waals surface area contributed by atoms with E-state index < -0.39 is 0 Å². The van der Waals surface area contributed by atoms with Crippen molar-refractivity contribution in [2.45, 2.75) is 64.1 Å².